The fourth-order valence-corrected chi connectivity index (χ4v) is 7.16. The van der Waals surface area contributed by atoms with Gasteiger partial charge >= 0.3 is 0 Å². The molecule has 0 unspecified atom stereocenters. The Morgan fingerprint density at radius 2 is 0.855 bits per heavy atom. The van der Waals surface area contributed by atoms with Crippen LogP contribution in [0.5, 0.6) is 28.7 Å². The van der Waals surface area contributed by atoms with Crippen LogP contribution < -0.4 is 23.7 Å². The second-order valence-electron chi connectivity index (χ2n) is 16.4. The minimum absolute atomic E-state index is 0.00817. The van der Waals surface area contributed by atoms with Gasteiger partial charge in [0.25, 0.3) is 0 Å². The van der Waals surface area contributed by atoms with Gasteiger partial charge in [-0.05, 0) is 57.0 Å². The zero-order valence-electron chi connectivity index (χ0n) is 36.4. The van der Waals surface area contributed by atoms with Gasteiger partial charge < -0.3 is 23.7 Å². The Morgan fingerprint density at radius 1 is 0.435 bits per heavy atom. The van der Waals surface area contributed by atoms with Crippen molar-refractivity contribution >= 4 is 14.9 Å². The van der Waals surface area contributed by atoms with Gasteiger partial charge in [-0.3, -0.25) is 0 Å². The van der Waals surface area contributed by atoms with Crippen molar-refractivity contribution in [1.29, 1.82) is 0 Å². The number of hydrogen-bond acceptors (Lipinski definition) is 5. The largest absolute Gasteiger partial charge is 0.492 e. The van der Waals surface area contributed by atoms with E-state index in [4.69, 9.17) is 23.7 Å². The van der Waals surface area contributed by atoms with Crippen LogP contribution in [0.4, 0.5) is 0 Å². The predicted molar refractivity (Wildman–Crippen MR) is 255 cm³/mol. The zero-order chi connectivity index (χ0) is 43.0. The summed E-state index contributed by atoms with van der Waals surface area (Å²) in [5.41, 5.74) is 8.51. The van der Waals surface area contributed by atoms with Crippen LogP contribution in [0.2, 0.25) is 18.1 Å². The number of rotatable bonds is 21. The summed E-state index contributed by atoms with van der Waals surface area (Å²) in [6.45, 7) is 11.6. The topological polar surface area (TPSA) is 46.2 Å². The van der Waals surface area contributed by atoms with Crippen LogP contribution in [-0.2, 0) is 39.3 Å². The van der Waals surface area contributed by atoms with Crippen molar-refractivity contribution in [2.45, 2.75) is 71.2 Å². The molecule has 0 saturated carbocycles. The summed E-state index contributed by atoms with van der Waals surface area (Å²) in [5.74, 6) is 3.69. The summed E-state index contributed by atoms with van der Waals surface area (Å²) < 4.78 is 33.5. The minimum Gasteiger partial charge on any atom is -0.492 e. The number of allylic oxidation sites excluding steroid dienone is 1. The van der Waals surface area contributed by atoms with Gasteiger partial charge in [0.2, 0.25) is 0 Å². The third kappa shape index (κ3) is 12.5. The fraction of sp³-hybridized carbons (Fsp3) is 0.214. The van der Waals surface area contributed by atoms with E-state index in [9.17, 15) is 0 Å². The van der Waals surface area contributed by atoms with Gasteiger partial charge in [-0.1, -0.05) is 197 Å². The second-order valence-corrected chi connectivity index (χ2v) is 19.8. The van der Waals surface area contributed by atoms with Crippen molar-refractivity contribution in [3.63, 3.8) is 0 Å². The highest BCUT2D eigenvalue weighted by Crippen LogP contribution is 2.44. The lowest BCUT2D eigenvalue weighted by atomic mass is 9.97. The Hall–Kier alpha value is -6.50. The van der Waals surface area contributed by atoms with Gasteiger partial charge in [0.05, 0.1) is 15.4 Å². The van der Waals surface area contributed by atoms with Gasteiger partial charge in [-0.15, -0.1) is 0 Å². The molecule has 5 nitrogen and oxygen atoms in total. The first kappa shape index (κ1) is 43.6. The smallest absolute Gasteiger partial charge is 0.162 e. The molecule has 0 aliphatic rings. The molecule has 0 amide bonds. The van der Waals surface area contributed by atoms with E-state index >= 15 is 0 Å². The van der Waals surface area contributed by atoms with Crippen LogP contribution in [0, 0.1) is 0 Å². The molecule has 62 heavy (non-hydrogen) atoms. The molecule has 0 bridgehead atoms. The van der Waals surface area contributed by atoms with Crippen LogP contribution in [0.15, 0.2) is 182 Å². The SMILES string of the molecule is C[Si](C)C(C)(C)COc1c(C/C=C/c2ccc(OCc3ccccc3)c(OCc3ccccc3)c2)c(OCc2ccccc2)cc(OCc2ccccc2)c1Cc1ccccc1. The highest BCUT2D eigenvalue weighted by atomic mass is 28.3. The maximum absolute atomic E-state index is 7.12. The molecule has 0 saturated heterocycles. The zero-order valence-corrected chi connectivity index (χ0v) is 37.4. The Balaban J connectivity index is 1.27. The maximum Gasteiger partial charge on any atom is 0.162 e. The third-order valence-electron chi connectivity index (χ3n) is 11.1. The Bertz CT molecular complexity index is 2450. The molecule has 0 aliphatic heterocycles. The van der Waals surface area contributed by atoms with Crippen molar-refractivity contribution in [2.24, 2.45) is 0 Å². The van der Waals surface area contributed by atoms with Crippen molar-refractivity contribution < 1.29 is 23.7 Å². The molecule has 0 aliphatic carbocycles. The van der Waals surface area contributed by atoms with Crippen LogP contribution in [0.3, 0.4) is 0 Å². The van der Waals surface area contributed by atoms with Gasteiger partial charge in [0.15, 0.2) is 11.5 Å². The summed E-state index contributed by atoms with van der Waals surface area (Å²) in [5, 5.41) is 0.00817. The van der Waals surface area contributed by atoms with Gasteiger partial charge in [0.1, 0.15) is 43.7 Å². The van der Waals surface area contributed by atoms with Crippen LogP contribution >= 0.6 is 0 Å². The lowest BCUT2D eigenvalue weighted by Gasteiger charge is -2.30. The highest BCUT2D eigenvalue weighted by Gasteiger charge is 2.28. The van der Waals surface area contributed by atoms with Crippen molar-refractivity contribution in [2.75, 3.05) is 6.61 Å². The second kappa shape index (κ2) is 21.8. The first-order chi connectivity index (χ1) is 30.3. The van der Waals surface area contributed by atoms with E-state index < -0.39 is 8.80 Å². The van der Waals surface area contributed by atoms with E-state index in [2.05, 4.69) is 136 Å². The predicted octanol–water partition coefficient (Wildman–Crippen LogP) is 13.8. The average molecular weight is 838 g/mol. The van der Waals surface area contributed by atoms with E-state index in [0.717, 1.165) is 56.2 Å². The summed E-state index contributed by atoms with van der Waals surface area (Å²) >= 11 is 0. The molecule has 6 heteroatoms. The molecule has 7 aromatic carbocycles. The summed E-state index contributed by atoms with van der Waals surface area (Å²) in [6, 6.07) is 59.8. The molecule has 7 rings (SSSR count). The number of benzene rings is 7. The van der Waals surface area contributed by atoms with Crippen LogP contribution in [0.1, 0.15) is 58.4 Å². The van der Waals surface area contributed by atoms with Crippen LogP contribution in [-0.4, -0.2) is 15.4 Å². The highest BCUT2D eigenvalue weighted by molar-refractivity contribution is 6.59. The normalized spacial score (nSPS) is 11.4. The molecule has 0 spiro atoms. The van der Waals surface area contributed by atoms with E-state index in [0.29, 0.717) is 57.4 Å². The van der Waals surface area contributed by atoms with Crippen LogP contribution in [0.25, 0.3) is 6.08 Å². The first-order valence-electron chi connectivity index (χ1n) is 21.4. The average Bonchev–Trinajstić information content (AvgIpc) is 3.31. The van der Waals surface area contributed by atoms with Gasteiger partial charge in [-0.25, -0.2) is 0 Å². The van der Waals surface area contributed by atoms with E-state index in [-0.39, 0.29) is 5.04 Å². The van der Waals surface area contributed by atoms with Crippen molar-refractivity contribution in [3.8, 4) is 28.7 Å². The lowest BCUT2D eigenvalue weighted by Crippen LogP contribution is -2.28. The third-order valence-corrected chi connectivity index (χ3v) is 14.0. The molecule has 315 valence electrons. The van der Waals surface area contributed by atoms with E-state index in [1.165, 1.54) is 5.56 Å². The Kier molecular flexibility index (Phi) is 15.4. The standard InChI is InChI=1S/C56H57O5Si/c1-56(2,62(3)4)42-61-55-49(32-20-31-44-33-34-51(57-38-45-23-12-6-13-24-45)54(36-44)60-41-48-29-18-9-19-30-48)52(58-39-46-25-14-7-15-26-46)37-53(59-40-47-27-16-8-17-28-47)50(55)35-43-21-10-5-11-22-43/h5-31,33-34,36-37H,32,35,38-42H2,1-4H3/b31-20+. The maximum atomic E-state index is 7.12. The van der Waals surface area contributed by atoms with Gasteiger partial charge in [-0.2, -0.15) is 0 Å². The Labute approximate surface area is 370 Å². The van der Waals surface area contributed by atoms with E-state index in [1.807, 2.05) is 78.9 Å². The number of hydrogen-bond donors (Lipinski definition) is 0. The van der Waals surface area contributed by atoms with Gasteiger partial charge in [0, 0.05) is 23.6 Å². The molecule has 0 N–H and O–H groups in total. The van der Waals surface area contributed by atoms with Crippen molar-refractivity contribution in [1.82, 2.24) is 0 Å². The number of ether oxygens (including phenoxy) is 5. The quantitative estimate of drug-likeness (QED) is 0.0675. The molecule has 1 radical (unpaired) electrons. The summed E-state index contributed by atoms with van der Waals surface area (Å²) in [6.07, 6.45) is 5.53. The first-order valence-corrected chi connectivity index (χ1v) is 23.9. The molecular formula is C56H57O5Si. The molecular weight excluding hydrogens is 781 g/mol. The molecule has 0 atom stereocenters. The molecule has 0 fully saturated rings. The summed E-state index contributed by atoms with van der Waals surface area (Å²) in [7, 11) is -0.701. The van der Waals surface area contributed by atoms with Crippen molar-refractivity contribution in [3.05, 3.63) is 227 Å². The molecule has 0 heterocycles. The van der Waals surface area contributed by atoms with E-state index in [1.54, 1.807) is 0 Å². The lowest BCUT2D eigenvalue weighted by molar-refractivity contribution is 0.255. The Morgan fingerprint density at radius 3 is 1.32 bits per heavy atom. The molecule has 0 aromatic heterocycles. The minimum atomic E-state index is -0.701. The summed E-state index contributed by atoms with van der Waals surface area (Å²) in [4.78, 5) is 0. The monoisotopic (exact) mass is 837 g/mol. The fourth-order valence-electron chi connectivity index (χ4n) is 6.80. The molecule has 7 aromatic rings.